The van der Waals surface area contributed by atoms with Crippen molar-refractivity contribution in [2.75, 3.05) is 6.61 Å². The minimum atomic E-state index is -0.313. The predicted molar refractivity (Wildman–Crippen MR) is 79.0 cm³/mol. The molecule has 4 nitrogen and oxygen atoms in total. The van der Waals surface area contributed by atoms with Crippen LogP contribution < -0.4 is 10.2 Å². The number of hydrogen-bond donors (Lipinski definition) is 2. The van der Waals surface area contributed by atoms with Crippen molar-refractivity contribution in [1.82, 2.24) is 5.48 Å². The molecule has 2 N–H and O–H groups in total. The van der Waals surface area contributed by atoms with E-state index in [9.17, 15) is 4.79 Å². The lowest BCUT2D eigenvalue weighted by Gasteiger charge is -2.08. The number of unbranched alkanes of at least 4 members (excludes halogenated alkanes) is 3. The number of hydrogen-bond acceptors (Lipinski definition) is 3. The molecule has 112 valence electrons. The van der Waals surface area contributed by atoms with Gasteiger partial charge in [-0.2, -0.15) is 0 Å². The summed E-state index contributed by atoms with van der Waals surface area (Å²) >= 11 is 0. The molecule has 0 bridgehead atoms. The van der Waals surface area contributed by atoms with Crippen molar-refractivity contribution in [3.05, 3.63) is 29.8 Å². The summed E-state index contributed by atoms with van der Waals surface area (Å²) in [6.07, 6.45) is 4.17. The third-order valence-electron chi connectivity index (χ3n) is 3.24. The largest absolute Gasteiger partial charge is 0.494 e. The van der Waals surface area contributed by atoms with Crippen LogP contribution in [0.4, 0.5) is 0 Å². The van der Waals surface area contributed by atoms with Gasteiger partial charge in [-0.15, -0.1) is 0 Å². The van der Waals surface area contributed by atoms with Gasteiger partial charge in [-0.1, -0.05) is 38.8 Å². The van der Waals surface area contributed by atoms with Gasteiger partial charge >= 0.3 is 0 Å². The molecule has 1 aromatic carbocycles. The summed E-state index contributed by atoms with van der Waals surface area (Å²) in [5.41, 5.74) is 2.96. The molecule has 0 saturated heterocycles. The summed E-state index contributed by atoms with van der Waals surface area (Å²) in [5.74, 6) is 1.14. The Balaban J connectivity index is 2.08. The molecule has 1 rings (SSSR count). The molecule has 0 fully saturated rings. The van der Waals surface area contributed by atoms with Gasteiger partial charge in [0, 0.05) is 6.42 Å². The molecule has 0 saturated carbocycles. The van der Waals surface area contributed by atoms with Crippen molar-refractivity contribution >= 4 is 5.91 Å². The van der Waals surface area contributed by atoms with E-state index in [0.717, 1.165) is 31.4 Å². The zero-order valence-electron chi connectivity index (χ0n) is 12.4. The Morgan fingerprint density at radius 1 is 1.15 bits per heavy atom. The lowest BCUT2D eigenvalue weighted by Crippen LogP contribution is -2.17. The van der Waals surface area contributed by atoms with Crippen molar-refractivity contribution in [3.63, 3.8) is 0 Å². The Morgan fingerprint density at radius 2 is 1.80 bits per heavy atom. The highest BCUT2D eigenvalue weighted by molar-refractivity contribution is 5.74. The quantitative estimate of drug-likeness (QED) is 0.412. The Labute approximate surface area is 121 Å². The van der Waals surface area contributed by atoms with Crippen LogP contribution in [-0.2, 0) is 4.79 Å². The molecule has 20 heavy (non-hydrogen) atoms. The van der Waals surface area contributed by atoms with Crippen LogP contribution >= 0.6 is 0 Å². The molecule has 1 aromatic rings. The van der Waals surface area contributed by atoms with Gasteiger partial charge in [-0.25, -0.2) is 5.48 Å². The first-order valence-electron chi connectivity index (χ1n) is 7.29. The summed E-state index contributed by atoms with van der Waals surface area (Å²) in [4.78, 5) is 10.8. The van der Waals surface area contributed by atoms with Crippen molar-refractivity contribution in [1.29, 1.82) is 0 Å². The van der Waals surface area contributed by atoms with Crippen LogP contribution in [0.25, 0.3) is 0 Å². The first-order chi connectivity index (χ1) is 9.63. The maximum absolute atomic E-state index is 10.8. The number of amides is 1. The average Bonchev–Trinajstić information content (AvgIpc) is 2.46. The number of rotatable bonds is 9. The highest BCUT2D eigenvalue weighted by atomic mass is 16.5. The zero-order chi connectivity index (χ0) is 14.8. The lowest BCUT2D eigenvalue weighted by atomic mass is 10.0. The standard InChI is InChI=1S/C16H25NO3/c1-13(2)14-8-10-15(11-9-14)20-12-6-4-3-5-7-16(18)17-19/h8-11,13,19H,3-7,12H2,1-2H3,(H,17,18). The minimum Gasteiger partial charge on any atom is -0.494 e. The second kappa shape index (κ2) is 9.37. The second-order valence-corrected chi connectivity index (χ2v) is 5.27. The third-order valence-corrected chi connectivity index (χ3v) is 3.24. The van der Waals surface area contributed by atoms with E-state index >= 15 is 0 Å². The molecule has 0 aliphatic rings. The van der Waals surface area contributed by atoms with Gasteiger partial charge in [0.25, 0.3) is 0 Å². The summed E-state index contributed by atoms with van der Waals surface area (Å²) in [6.45, 7) is 5.05. The first kappa shape index (κ1) is 16.5. The van der Waals surface area contributed by atoms with Crippen LogP contribution in [0.5, 0.6) is 5.75 Å². The van der Waals surface area contributed by atoms with Crippen molar-refractivity contribution < 1.29 is 14.7 Å². The van der Waals surface area contributed by atoms with Gasteiger partial charge in [0.15, 0.2) is 0 Å². The maximum Gasteiger partial charge on any atom is 0.243 e. The van der Waals surface area contributed by atoms with Gasteiger partial charge < -0.3 is 4.74 Å². The minimum absolute atomic E-state index is 0.313. The smallest absolute Gasteiger partial charge is 0.243 e. The third kappa shape index (κ3) is 6.57. The van der Waals surface area contributed by atoms with E-state index in [2.05, 4.69) is 26.0 Å². The van der Waals surface area contributed by atoms with Crippen molar-refractivity contribution in [2.24, 2.45) is 0 Å². The fraction of sp³-hybridized carbons (Fsp3) is 0.562. The Bertz CT molecular complexity index is 387. The maximum atomic E-state index is 10.8. The first-order valence-corrected chi connectivity index (χ1v) is 7.29. The Hall–Kier alpha value is -1.55. The molecule has 4 heteroatoms. The number of ether oxygens (including phenoxy) is 1. The molecule has 0 spiro atoms. The number of hydroxylamine groups is 1. The van der Waals surface area contributed by atoms with E-state index in [-0.39, 0.29) is 5.91 Å². The topological polar surface area (TPSA) is 58.6 Å². The fourth-order valence-electron chi connectivity index (χ4n) is 1.94. The lowest BCUT2D eigenvalue weighted by molar-refractivity contribution is -0.129. The average molecular weight is 279 g/mol. The molecule has 0 heterocycles. The number of benzene rings is 1. The van der Waals surface area contributed by atoms with E-state index in [1.54, 1.807) is 5.48 Å². The molecule has 0 atom stereocenters. The molecular formula is C16H25NO3. The fourth-order valence-corrected chi connectivity index (χ4v) is 1.94. The molecule has 0 radical (unpaired) electrons. The van der Waals surface area contributed by atoms with E-state index in [1.165, 1.54) is 5.56 Å². The highest BCUT2D eigenvalue weighted by Crippen LogP contribution is 2.18. The molecule has 0 aliphatic heterocycles. The summed E-state index contributed by atoms with van der Waals surface area (Å²) in [6, 6.07) is 8.24. The zero-order valence-corrected chi connectivity index (χ0v) is 12.4. The van der Waals surface area contributed by atoms with Gasteiger partial charge in [-0.3, -0.25) is 10.0 Å². The Kier molecular flexibility index (Phi) is 7.73. The Morgan fingerprint density at radius 3 is 2.40 bits per heavy atom. The van der Waals surface area contributed by atoms with Crippen molar-refractivity contribution in [3.8, 4) is 5.75 Å². The van der Waals surface area contributed by atoms with Gasteiger partial charge in [0.1, 0.15) is 5.75 Å². The molecular weight excluding hydrogens is 254 g/mol. The summed E-state index contributed by atoms with van der Waals surface area (Å²) in [7, 11) is 0. The summed E-state index contributed by atoms with van der Waals surface area (Å²) in [5, 5.41) is 8.34. The molecule has 1 amide bonds. The SMILES string of the molecule is CC(C)c1ccc(OCCCCCCC(=O)NO)cc1. The van der Waals surface area contributed by atoms with Crippen LogP contribution in [-0.4, -0.2) is 17.7 Å². The van der Waals surface area contributed by atoms with Gasteiger partial charge in [-0.05, 0) is 36.5 Å². The summed E-state index contributed by atoms with van der Waals surface area (Å²) < 4.78 is 5.67. The highest BCUT2D eigenvalue weighted by Gasteiger charge is 2.00. The van der Waals surface area contributed by atoms with E-state index in [0.29, 0.717) is 18.9 Å². The number of carbonyl (C=O) groups excluding carboxylic acids is 1. The van der Waals surface area contributed by atoms with Crippen LogP contribution in [0, 0.1) is 0 Å². The number of nitrogens with one attached hydrogen (secondary N) is 1. The second-order valence-electron chi connectivity index (χ2n) is 5.27. The molecule has 0 unspecified atom stereocenters. The van der Waals surface area contributed by atoms with Crippen LogP contribution in [0.2, 0.25) is 0 Å². The van der Waals surface area contributed by atoms with Crippen LogP contribution in [0.15, 0.2) is 24.3 Å². The monoisotopic (exact) mass is 279 g/mol. The molecule has 0 aromatic heterocycles. The van der Waals surface area contributed by atoms with Gasteiger partial charge in [0.05, 0.1) is 6.61 Å². The number of carbonyl (C=O) groups is 1. The molecule has 0 aliphatic carbocycles. The van der Waals surface area contributed by atoms with E-state index in [1.807, 2.05) is 12.1 Å². The van der Waals surface area contributed by atoms with E-state index in [4.69, 9.17) is 9.94 Å². The normalized spacial score (nSPS) is 10.6. The van der Waals surface area contributed by atoms with Crippen LogP contribution in [0.1, 0.15) is 57.4 Å². The van der Waals surface area contributed by atoms with Crippen LogP contribution in [0.3, 0.4) is 0 Å². The van der Waals surface area contributed by atoms with E-state index < -0.39 is 0 Å². The predicted octanol–water partition coefficient (Wildman–Crippen LogP) is 3.64. The van der Waals surface area contributed by atoms with Crippen molar-refractivity contribution in [2.45, 2.75) is 51.9 Å². The van der Waals surface area contributed by atoms with Gasteiger partial charge in [0.2, 0.25) is 5.91 Å².